The molecule has 4 aliphatic carbocycles. The lowest BCUT2D eigenvalue weighted by Gasteiger charge is -2.60. The van der Waals surface area contributed by atoms with Crippen molar-refractivity contribution in [2.45, 2.75) is 104 Å². The molecule has 0 aromatic rings. The van der Waals surface area contributed by atoms with Crippen molar-refractivity contribution in [3.63, 3.8) is 0 Å². The number of fused-ring (bicyclic) bond motifs is 7. The first-order valence-corrected chi connectivity index (χ1v) is 13.2. The van der Waals surface area contributed by atoms with Crippen LogP contribution in [-0.4, -0.2) is 24.2 Å². The van der Waals surface area contributed by atoms with Gasteiger partial charge in [0.15, 0.2) is 0 Å². The summed E-state index contributed by atoms with van der Waals surface area (Å²) in [5, 5.41) is 3.88. The number of rotatable bonds is 0. The summed E-state index contributed by atoms with van der Waals surface area (Å²) in [5.41, 5.74) is 0.831. The van der Waals surface area contributed by atoms with Crippen molar-refractivity contribution in [2.24, 2.45) is 52.3 Å². The van der Waals surface area contributed by atoms with Gasteiger partial charge in [0.2, 0.25) is 0 Å². The van der Waals surface area contributed by atoms with Gasteiger partial charge in [-0.2, -0.15) is 0 Å². The van der Waals surface area contributed by atoms with Crippen molar-refractivity contribution in [3.05, 3.63) is 0 Å². The van der Waals surface area contributed by atoms with E-state index in [2.05, 4.69) is 33.0 Å². The summed E-state index contributed by atoms with van der Waals surface area (Å²) in [7, 11) is 0. The number of piperidine rings is 1. The van der Waals surface area contributed by atoms with Gasteiger partial charge in [-0.15, -0.1) is 0 Å². The molecule has 168 valence electrons. The van der Waals surface area contributed by atoms with Gasteiger partial charge in [-0.25, -0.2) is 0 Å². The van der Waals surface area contributed by atoms with Gasteiger partial charge >= 0.3 is 0 Å². The second-order valence-corrected chi connectivity index (χ2v) is 13.1. The Morgan fingerprint density at radius 3 is 2.57 bits per heavy atom. The highest BCUT2D eigenvalue weighted by atomic mass is 16.5. The number of ketones is 1. The summed E-state index contributed by atoms with van der Waals surface area (Å²) in [6.07, 6.45) is 12.6. The molecule has 1 N–H and O–H groups in total. The van der Waals surface area contributed by atoms with Crippen molar-refractivity contribution in [2.75, 3.05) is 6.54 Å². The molecule has 5 unspecified atom stereocenters. The Balaban J connectivity index is 1.26. The van der Waals surface area contributed by atoms with Crippen LogP contribution in [0.2, 0.25) is 0 Å². The minimum absolute atomic E-state index is 0.0416. The Morgan fingerprint density at radius 2 is 1.80 bits per heavy atom. The van der Waals surface area contributed by atoms with Crippen LogP contribution >= 0.6 is 0 Å². The van der Waals surface area contributed by atoms with Crippen LogP contribution in [-0.2, 0) is 9.53 Å². The molecule has 3 nitrogen and oxygen atoms in total. The Hall–Kier alpha value is -0.410. The quantitative estimate of drug-likeness (QED) is 0.564. The highest BCUT2D eigenvalue weighted by molar-refractivity contribution is 5.79. The SMILES string of the molecule is C[C@H]1CC[C@]2(NC1)O[C@H]1CC3C4CCC5CC(=O)CC[C@]5(C)C4CC[C@]3(C)C1[C@@H]2C. The van der Waals surface area contributed by atoms with Crippen LogP contribution in [0.15, 0.2) is 0 Å². The fourth-order valence-corrected chi connectivity index (χ4v) is 10.2. The third-order valence-corrected chi connectivity index (χ3v) is 12.0. The van der Waals surface area contributed by atoms with Gasteiger partial charge in [-0.3, -0.25) is 10.1 Å². The summed E-state index contributed by atoms with van der Waals surface area (Å²) < 4.78 is 7.00. The topological polar surface area (TPSA) is 38.3 Å². The van der Waals surface area contributed by atoms with E-state index >= 15 is 0 Å². The van der Waals surface area contributed by atoms with E-state index in [1.54, 1.807) is 0 Å². The minimum atomic E-state index is -0.0416. The third-order valence-electron chi connectivity index (χ3n) is 12.0. The third kappa shape index (κ3) is 2.54. The molecule has 30 heavy (non-hydrogen) atoms. The van der Waals surface area contributed by atoms with E-state index in [1.165, 1.54) is 44.9 Å². The van der Waals surface area contributed by atoms with E-state index < -0.39 is 0 Å². The molecule has 4 saturated carbocycles. The van der Waals surface area contributed by atoms with Crippen LogP contribution in [0.25, 0.3) is 0 Å². The van der Waals surface area contributed by atoms with E-state index in [-0.39, 0.29) is 5.72 Å². The maximum Gasteiger partial charge on any atom is 0.133 e. The van der Waals surface area contributed by atoms with Crippen molar-refractivity contribution >= 4 is 5.78 Å². The summed E-state index contributed by atoms with van der Waals surface area (Å²) in [4.78, 5) is 12.2. The van der Waals surface area contributed by atoms with Crippen LogP contribution in [0.5, 0.6) is 0 Å². The number of carbonyl (C=O) groups excluding carboxylic acids is 1. The summed E-state index contributed by atoms with van der Waals surface area (Å²) >= 11 is 0. The molecule has 2 saturated heterocycles. The molecule has 11 atom stereocenters. The van der Waals surface area contributed by atoms with Gasteiger partial charge in [-0.1, -0.05) is 27.7 Å². The van der Waals surface area contributed by atoms with Gasteiger partial charge in [0.05, 0.1) is 6.10 Å². The zero-order chi connectivity index (χ0) is 20.9. The molecular formula is C27H43NO2. The normalized spacial score (nSPS) is 60.1. The van der Waals surface area contributed by atoms with Crippen LogP contribution in [0.4, 0.5) is 0 Å². The number of ether oxygens (including phenoxy) is 1. The largest absolute Gasteiger partial charge is 0.357 e. The van der Waals surface area contributed by atoms with Gasteiger partial charge < -0.3 is 4.74 Å². The standard InChI is InChI=1S/C27H43NO2/c1-16-7-12-27(28-15-16)17(2)24-23(30-27)14-22-20-6-5-18-13-19(29)8-10-25(18,3)21(20)9-11-26(22,24)4/h16-18,20-24,28H,5-15H2,1-4H3/t16-,17-,18?,20?,21?,22?,23-,24?,25-,26-,27-/m0/s1. The fourth-order valence-electron chi connectivity index (χ4n) is 10.2. The molecule has 6 rings (SSSR count). The van der Waals surface area contributed by atoms with Crippen LogP contribution < -0.4 is 5.32 Å². The Kier molecular flexibility index (Phi) is 4.42. The van der Waals surface area contributed by atoms with E-state index in [4.69, 9.17) is 4.74 Å². The lowest BCUT2D eigenvalue weighted by Crippen LogP contribution is -2.57. The minimum Gasteiger partial charge on any atom is -0.357 e. The monoisotopic (exact) mass is 413 g/mol. The predicted molar refractivity (Wildman–Crippen MR) is 119 cm³/mol. The van der Waals surface area contributed by atoms with E-state index in [1.807, 2.05) is 0 Å². The molecule has 2 heterocycles. The van der Waals surface area contributed by atoms with Gasteiger partial charge in [0.1, 0.15) is 11.5 Å². The first kappa shape index (κ1) is 20.2. The van der Waals surface area contributed by atoms with Crippen molar-refractivity contribution < 1.29 is 9.53 Å². The zero-order valence-electron chi connectivity index (χ0n) is 19.7. The Morgan fingerprint density at radius 1 is 0.967 bits per heavy atom. The molecule has 6 aliphatic rings. The summed E-state index contributed by atoms with van der Waals surface area (Å²) in [6, 6.07) is 0. The lowest BCUT2D eigenvalue weighted by atomic mass is 9.44. The highest BCUT2D eigenvalue weighted by Gasteiger charge is 2.68. The van der Waals surface area contributed by atoms with E-state index in [0.29, 0.717) is 34.6 Å². The molecule has 3 heteroatoms. The molecule has 0 aromatic carbocycles. The van der Waals surface area contributed by atoms with Crippen LogP contribution in [0, 0.1) is 52.3 Å². The fraction of sp³-hybridized carbons (Fsp3) is 0.963. The first-order valence-electron chi connectivity index (χ1n) is 13.2. The average Bonchev–Trinajstić information content (AvgIpc) is 3.16. The van der Waals surface area contributed by atoms with Gasteiger partial charge in [0.25, 0.3) is 0 Å². The smallest absolute Gasteiger partial charge is 0.133 e. The van der Waals surface area contributed by atoms with Crippen molar-refractivity contribution in [1.29, 1.82) is 0 Å². The Bertz CT molecular complexity index is 726. The second kappa shape index (κ2) is 6.56. The molecular weight excluding hydrogens is 370 g/mol. The van der Waals surface area contributed by atoms with E-state index in [0.717, 1.165) is 55.4 Å². The average molecular weight is 414 g/mol. The zero-order valence-corrected chi connectivity index (χ0v) is 19.7. The summed E-state index contributed by atoms with van der Waals surface area (Å²) in [6.45, 7) is 11.2. The molecule has 1 spiro atoms. The van der Waals surface area contributed by atoms with Crippen molar-refractivity contribution in [1.82, 2.24) is 5.32 Å². The molecule has 0 bridgehead atoms. The summed E-state index contributed by atoms with van der Waals surface area (Å²) in [5.74, 6) is 5.89. The number of hydrogen-bond donors (Lipinski definition) is 1. The number of carbonyl (C=O) groups is 1. The van der Waals surface area contributed by atoms with Crippen LogP contribution in [0.1, 0.15) is 91.9 Å². The van der Waals surface area contributed by atoms with Gasteiger partial charge in [-0.05, 0) is 97.7 Å². The number of nitrogens with one attached hydrogen (secondary N) is 1. The maximum atomic E-state index is 12.2. The van der Waals surface area contributed by atoms with Crippen molar-refractivity contribution in [3.8, 4) is 0 Å². The molecule has 2 aliphatic heterocycles. The van der Waals surface area contributed by atoms with E-state index in [9.17, 15) is 4.79 Å². The van der Waals surface area contributed by atoms with Crippen LogP contribution in [0.3, 0.4) is 0 Å². The maximum absolute atomic E-state index is 12.2. The first-order chi connectivity index (χ1) is 14.3. The molecule has 0 aromatic heterocycles. The van der Waals surface area contributed by atoms with Gasteiger partial charge in [0, 0.05) is 25.3 Å². The highest BCUT2D eigenvalue weighted by Crippen LogP contribution is 2.70. The Labute approximate surface area is 183 Å². The molecule has 0 radical (unpaired) electrons. The number of Topliss-reactive ketones (excluding diaryl/α,β-unsaturated/α-hetero) is 1. The predicted octanol–water partition coefficient (Wildman–Crippen LogP) is 5.58. The lowest BCUT2D eigenvalue weighted by molar-refractivity contribution is -0.144. The second-order valence-electron chi connectivity index (χ2n) is 13.1. The molecule has 6 fully saturated rings. The molecule has 0 amide bonds. The number of hydrogen-bond acceptors (Lipinski definition) is 3.